The van der Waals surface area contributed by atoms with E-state index in [1.165, 1.54) is 43.2 Å². The molecule has 2 aliphatic carbocycles. The van der Waals surface area contributed by atoms with Gasteiger partial charge >= 0.3 is 0 Å². The summed E-state index contributed by atoms with van der Waals surface area (Å²) in [6, 6.07) is 11.9. The largest absolute Gasteiger partial charge is 0.481 e. The highest BCUT2D eigenvalue weighted by Gasteiger charge is 2.43. The number of unbranched alkanes of at least 4 members (excludes halogenated alkanes) is 2. The van der Waals surface area contributed by atoms with Crippen molar-refractivity contribution in [1.29, 1.82) is 0 Å². The highest BCUT2D eigenvalue weighted by molar-refractivity contribution is 6.01. The number of rotatable bonds is 11. The van der Waals surface area contributed by atoms with Crippen LogP contribution in [0.25, 0.3) is 11.1 Å². The third-order valence-electron chi connectivity index (χ3n) is 8.44. The maximum atomic E-state index is 11.7. The smallest absolute Gasteiger partial charge is 0.300 e. The van der Waals surface area contributed by atoms with Crippen LogP contribution in [0.3, 0.4) is 0 Å². The van der Waals surface area contributed by atoms with E-state index in [4.69, 9.17) is 9.90 Å². The van der Waals surface area contributed by atoms with E-state index in [0.717, 1.165) is 86.6 Å². The molecule has 0 aliphatic heterocycles. The normalized spacial score (nSPS) is 16.1. The second-order valence-corrected chi connectivity index (χ2v) is 11.1. The van der Waals surface area contributed by atoms with Crippen LogP contribution in [0, 0.1) is 16.0 Å². The molecular weight excluding hydrogens is 492 g/mol. The molecule has 0 bridgehead atoms. The first-order valence-corrected chi connectivity index (χ1v) is 14.6. The van der Waals surface area contributed by atoms with Gasteiger partial charge in [-0.3, -0.25) is 14.9 Å². The number of hydrogen-bond donors (Lipinski definition) is 2. The maximum absolute atomic E-state index is 11.7. The number of fused-ring (bicyclic) bond motifs is 3. The van der Waals surface area contributed by atoms with Crippen LogP contribution in [0.4, 0.5) is 5.69 Å². The molecule has 1 fully saturated rings. The van der Waals surface area contributed by atoms with E-state index < -0.39 is 5.97 Å². The van der Waals surface area contributed by atoms with E-state index in [-0.39, 0.29) is 16.0 Å². The SMILES string of the molecule is CC(=O)O.CCCCC1(CCCC)c2cc(/C(CCC3CCCCC3)=N/O)ccc2-c2ccc([N+](=O)[O-])cc21. The molecule has 2 aromatic carbocycles. The summed E-state index contributed by atoms with van der Waals surface area (Å²) < 4.78 is 0. The molecule has 0 amide bonds. The topological polar surface area (TPSA) is 113 Å². The maximum Gasteiger partial charge on any atom is 0.300 e. The van der Waals surface area contributed by atoms with Crippen molar-refractivity contribution in [2.45, 2.75) is 110 Å². The number of hydrogen-bond acceptors (Lipinski definition) is 5. The van der Waals surface area contributed by atoms with Crippen LogP contribution in [-0.4, -0.2) is 26.9 Å². The zero-order valence-electron chi connectivity index (χ0n) is 23.7. The summed E-state index contributed by atoms with van der Waals surface area (Å²) in [5, 5.41) is 32.8. The molecule has 0 saturated heterocycles. The number of carboxylic acids is 1. The number of nitrogens with zero attached hydrogens (tertiary/aromatic N) is 2. The highest BCUT2D eigenvalue weighted by Crippen LogP contribution is 2.55. The van der Waals surface area contributed by atoms with Crippen LogP contribution in [-0.2, 0) is 10.2 Å². The summed E-state index contributed by atoms with van der Waals surface area (Å²) in [7, 11) is 0. The summed E-state index contributed by atoms with van der Waals surface area (Å²) in [5.41, 5.74) is 6.34. The predicted octanol–water partition coefficient (Wildman–Crippen LogP) is 8.87. The quantitative estimate of drug-likeness (QED) is 0.129. The lowest BCUT2D eigenvalue weighted by Gasteiger charge is -2.32. The van der Waals surface area contributed by atoms with Gasteiger partial charge in [-0.25, -0.2) is 0 Å². The first-order valence-electron chi connectivity index (χ1n) is 14.6. The third-order valence-corrected chi connectivity index (χ3v) is 8.44. The first-order chi connectivity index (χ1) is 18.8. The van der Waals surface area contributed by atoms with Crippen molar-refractivity contribution < 1.29 is 20.0 Å². The number of benzene rings is 2. The van der Waals surface area contributed by atoms with Gasteiger partial charge in [0.25, 0.3) is 11.7 Å². The highest BCUT2D eigenvalue weighted by atomic mass is 16.6. The second-order valence-electron chi connectivity index (χ2n) is 11.1. The lowest BCUT2D eigenvalue weighted by molar-refractivity contribution is -0.384. The number of aliphatic carboxylic acids is 1. The number of oxime groups is 1. The molecule has 1 saturated carbocycles. The molecule has 39 heavy (non-hydrogen) atoms. The molecule has 2 aliphatic rings. The molecule has 2 N–H and O–H groups in total. The van der Waals surface area contributed by atoms with Gasteiger partial charge in [-0.05, 0) is 71.6 Å². The lowest BCUT2D eigenvalue weighted by atomic mass is 9.70. The standard InChI is InChI=1S/C30H40N2O3.C2H4O2/c1-3-5-18-30(19-6-4-2)27-20-23(29(31-33)17-12-22-10-8-7-9-11-22)13-15-25(27)26-16-14-24(32(34)35)21-28(26)30;1-2(3)4/h13-16,20-22,33H,3-12,17-19H2,1-2H3;1H3,(H,3,4)/b31-29+;. The monoisotopic (exact) mass is 536 g/mol. The Labute approximate surface area is 232 Å². The van der Waals surface area contributed by atoms with Crippen molar-refractivity contribution in [3.8, 4) is 11.1 Å². The average molecular weight is 537 g/mol. The van der Waals surface area contributed by atoms with Gasteiger partial charge in [0, 0.05) is 24.5 Å². The van der Waals surface area contributed by atoms with Gasteiger partial charge in [-0.2, -0.15) is 0 Å². The molecule has 7 nitrogen and oxygen atoms in total. The Morgan fingerprint density at radius 1 is 1.00 bits per heavy atom. The van der Waals surface area contributed by atoms with Crippen molar-refractivity contribution in [3.05, 3.63) is 63.2 Å². The Kier molecular flexibility index (Phi) is 11.1. The number of nitro groups is 1. The van der Waals surface area contributed by atoms with Crippen molar-refractivity contribution in [2.24, 2.45) is 11.1 Å². The Morgan fingerprint density at radius 3 is 2.10 bits per heavy atom. The fourth-order valence-corrected chi connectivity index (χ4v) is 6.47. The minimum absolute atomic E-state index is 0.166. The minimum Gasteiger partial charge on any atom is -0.481 e. The van der Waals surface area contributed by atoms with Crippen molar-refractivity contribution >= 4 is 17.4 Å². The molecule has 0 aromatic heterocycles. The van der Waals surface area contributed by atoms with Crippen LogP contribution in [0.5, 0.6) is 0 Å². The summed E-state index contributed by atoms with van der Waals surface area (Å²) in [6.45, 7) is 5.49. The molecular formula is C32H44N2O5. The Hall–Kier alpha value is -3.22. The van der Waals surface area contributed by atoms with Crippen molar-refractivity contribution in [2.75, 3.05) is 0 Å². The van der Waals surface area contributed by atoms with Crippen molar-refractivity contribution in [1.82, 2.24) is 0 Å². The van der Waals surface area contributed by atoms with Crippen LogP contribution in [0.15, 0.2) is 41.6 Å². The van der Waals surface area contributed by atoms with Gasteiger partial charge in [0.15, 0.2) is 0 Å². The van der Waals surface area contributed by atoms with Gasteiger partial charge in [0.2, 0.25) is 0 Å². The first kappa shape index (κ1) is 30.3. The molecule has 0 unspecified atom stereocenters. The molecule has 0 atom stereocenters. The number of nitro benzene ring substituents is 1. The van der Waals surface area contributed by atoms with Gasteiger partial charge in [-0.1, -0.05) is 88.9 Å². The summed E-state index contributed by atoms with van der Waals surface area (Å²) in [6.07, 6.45) is 14.7. The van der Waals surface area contributed by atoms with Gasteiger partial charge in [0.05, 0.1) is 10.6 Å². The van der Waals surface area contributed by atoms with Crippen LogP contribution in [0.1, 0.15) is 121 Å². The Morgan fingerprint density at radius 2 is 1.56 bits per heavy atom. The van der Waals surface area contributed by atoms with E-state index in [2.05, 4.69) is 37.2 Å². The van der Waals surface area contributed by atoms with E-state index in [1.54, 1.807) is 6.07 Å². The molecule has 4 rings (SSSR count). The third kappa shape index (κ3) is 7.25. The van der Waals surface area contributed by atoms with E-state index >= 15 is 0 Å². The zero-order chi connectivity index (χ0) is 28.4. The van der Waals surface area contributed by atoms with Crippen molar-refractivity contribution in [3.63, 3.8) is 0 Å². The van der Waals surface area contributed by atoms with Crippen LogP contribution >= 0.6 is 0 Å². The molecule has 0 heterocycles. The summed E-state index contributed by atoms with van der Waals surface area (Å²) >= 11 is 0. The van der Waals surface area contributed by atoms with Crippen LogP contribution < -0.4 is 0 Å². The fourth-order valence-electron chi connectivity index (χ4n) is 6.47. The summed E-state index contributed by atoms with van der Waals surface area (Å²) in [4.78, 5) is 20.4. The number of carbonyl (C=O) groups is 1. The average Bonchev–Trinajstić information content (AvgIpc) is 3.20. The number of non-ortho nitro benzene ring substituents is 1. The lowest BCUT2D eigenvalue weighted by Crippen LogP contribution is -2.26. The Bertz CT molecular complexity index is 1160. The van der Waals surface area contributed by atoms with E-state index in [0.29, 0.717) is 0 Å². The summed E-state index contributed by atoms with van der Waals surface area (Å²) in [5.74, 6) is -0.104. The molecule has 7 heteroatoms. The van der Waals surface area contributed by atoms with Gasteiger partial charge in [-0.15, -0.1) is 0 Å². The molecule has 212 valence electrons. The molecule has 2 aromatic rings. The van der Waals surface area contributed by atoms with Crippen LogP contribution in [0.2, 0.25) is 0 Å². The van der Waals surface area contributed by atoms with Gasteiger partial charge < -0.3 is 10.3 Å². The van der Waals surface area contributed by atoms with Gasteiger partial charge in [0.1, 0.15) is 0 Å². The van der Waals surface area contributed by atoms with E-state index in [9.17, 15) is 15.3 Å². The minimum atomic E-state index is -0.833. The predicted molar refractivity (Wildman–Crippen MR) is 156 cm³/mol. The number of carboxylic acid groups (broad SMARTS) is 1. The molecule has 0 spiro atoms. The Balaban J connectivity index is 0.000000983. The molecule has 0 radical (unpaired) electrons. The zero-order valence-corrected chi connectivity index (χ0v) is 23.7. The fraction of sp³-hybridized carbons (Fsp3) is 0.562. The second kappa shape index (κ2) is 14.2. The van der Waals surface area contributed by atoms with E-state index in [1.807, 2.05) is 12.1 Å².